The molecular formula is C27H37N5O4. The standard InChI is InChI=1S/C27H37N5O4/c1-19(17-24(34)31-14-10-20(11-15-31)28-18-33)35-16-6-9-23-29-25-21-7-2-3-8-22(21)36-26(25)27(30-23)32-12-4-5-13-32/h2-3,7-8,19-20,28,33H,4-6,9-18H2,1H3. The third kappa shape index (κ3) is 5.63. The van der Waals surface area contributed by atoms with Crippen molar-refractivity contribution >= 4 is 33.8 Å². The molecule has 1 amide bonds. The predicted molar refractivity (Wildman–Crippen MR) is 139 cm³/mol. The van der Waals surface area contributed by atoms with Gasteiger partial charge >= 0.3 is 0 Å². The van der Waals surface area contributed by atoms with Crippen LogP contribution in [0.3, 0.4) is 0 Å². The highest BCUT2D eigenvalue weighted by Crippen LogP contribution is 2.34. The zero-order valence-electron chi connectivity index (χ0n) is 21.1. The molecule has 3 aromatic rings. The molecule has 9 heteroatoms. The zero-order valence-corrected chi connectivity index (χ0v) is 21.1. The van der Waals surface area contributed by atoms with Crippen LogP contribution in [0.1, 0.15) is 51.3 Å². The Hall–Kier alpha value is -2.75. The number of hydrogen-bond donors (Lipinski definition) is 2. The van der Waals surface area contributed by atoms with Crippen LogP contribution in [0.4, 0.5) is 5.82 Å². The third-order valence-corrected chi connectivity index (χ3v) is 7.29. The largest absolute Gasteiger partial charge is 0.450 e. The highest BCUT2D eigenvalue weighted by Gasteiger charge is 2.24. The molecule has 0 saturated carbocycles. The lowest BCUT2D eigenvalue weighted by molar-refractivity contribution is -0.135. The van der Waals surface area contributed by atoms with E-state index < -0.39 is 0 Å². The Morgan fingerprint density at radius 3 is 2.75 bits per heavy atom. The van der Waals surface area contributed by atoms with Gasteiger partial charge in [0.2, 0.25) is 5.91 Å². The van der Waals surface area contributed by atoms with E-state index in [0.717, 1.165) is 79.2 Å². The quantitative estimate of drug-likeness (QED) is 0.326. The van der Waals surface area contributed by atoms with Gasteiger partial charge in [0.15, 0.2) is 11.4 Å². The molecule has 1 unspecified atom stereocenters. The van der Waals surface area contributed by atoms with Crippen LogP contribution in [0.5, 0.6) is 0 Å². The second-order valence-corrected chi connectivity index (χ2v) is 9.94. The van der Waals surface area contributed by atoms with Gasteiger partial charge in [0.05, 0.1) is 19.3 Å². The first-order chi connectivity index (χ1) is 17.6. The number of aromatic nitrogens is 2. The topological polar surface area (TPSA) is 104 Å². The van der Waals surface area contributed by atoms with E-state index in [-0.39, 0.29) is 18.7 Å². The molecule has 36 heavy (non-hydrogen) atoms. The Labute approximate surface area is 211 Å². The van der Waals surface area contributed by atoms with E-state index in [4.69, 9.17) is 24.2 Å². The maximum absolute atomic E-state index is 12.6. The van der Waals surface area contributed by atoms with Gasteiger partial charge in [0, 0.05) is 50.6 Å². The number of anilines is 1. The number of amides is 1. The number of carbonyl (C=O) groups is 1. The molecule has 2 fully saturated rings. The number of carbonyl (C=O) groups excluding carboxylic acids is 1. The molecule has 9 nitrogen and oxygen atoms in total. The van der Waals surface area contributed by atoms with Crippen molar-refractivity contribution < 1.29 is 19.1 Å². The van der Waals surface area contributed by atoms with E-state index in [1.54, 1.807) is 0 Å². The van der Waals surface area contributed by atoms with Crippen LogP contribution < -0.4 is 10.2 Å². The Morgan fingerprint density at radius 2 is 1.97 bits per heavy atom. The molecule has 2 aliphatic rings. The minimum Gasteiger partial charge on any atom is -0.450 e. The van der Waals surface area contributed by atoms with Gasteiger partial charge in [0.1, 0.15) is 16.9 Å². The number of piperidine rings is 1. The maximum atomic E-state index is 12.6. The summed E-state index contributed by atoms with van der Waals surface area (Å²) in [5.41, 5.74) is 2.51. The van der Waals surface area contributed by atoms with Gasteiger partial charge in [0.25, 0.3) is 0 Å². The van der Waals surface area contributed by atoms with Gasteiger partial charge in [-0.3, -0.25) is 10.1 Å². The van der Waals surface area contributed by atoms with Gasteiger partial charge in [-0.25, -0.2) is 9.97 Å². The number of ether oxygens (including phenoxy) is 1. The molecule has 1 atom stereocenters. The zero-order chi connectivity index (χ0) is 24.9. The molecule has 2 aromatic heterocycles. The van der Waals surface area contributed by atoms with Crippen molar-refractivity contribution in [2.24, 2.45) is 0 Å². The van der Waals surface area contributed by atoms with E-state index in [2.05, 4.69) is 16.3 Å². The average molecular weight is 496 g/mol. The lowest BCUT2D eigenvalue weighted by atomic mass is 10.0. The van der Waals surface area contributed by atoms with Gasteiger partial charge in [-0.2, -0.15) is 0 Å². The number of aryl methyl sites for hydroxylation is 1. The van der Waals surface area contributed by atoms with E-state index in [0.29, 0.717) is 25.5 Å². The molecule has 1 aromatic carbocycles. The van der Waals surface area contributed by atoms with Crippen LogP contribution in [0.2, 0.25) is 0 Å². The van der Waals surface area contributed by atoms with Crippen molar-refractivity contribution in [3.63, 3.8) is 0 Å². The molecule has 0 bridgehead atoms. The number of likely N-dealkylation sites (tertiary alicyclic amines) is 1. The monoisotopic (exact) mass is 495 g/mol. The molecule has 2 aliphatic heterocycles. The van der Waals surface area contributed by atoms with Crippen LogP contribution in [0, 0.1) is 0 Å². The molecule has 0 aliphatic carbocycles. The number of nitrogens with one attached hydrogen (secondary N) is 1. The molecule has 4 heterocycles. The summed E-state index contributed by atoms with van der Waals surface area (Å²) in [4.78, 5) is 26.6. The number of fused-ring (bicyclic) bond motifs is 3. The normalized spacial score (nSPS) is 17.9. The summed E-state index contributed by atoms with van der Waals surface area (Å²) in [6.45, 7) is 5.95. The molecule has 0 spiro atoms. The second-order valence-electron chi connectivity index (χ2n) is 9.94. The summed E-state index contributed by atoms with van der Waals surface area (Å²) in [5.74, 6) is 1.85. The smallest absolute Gasteiger partial charge is 0.225 e. The number of rotatable bonds is 10. The minimum atomic E-state index is -0.132. The fourth-order valence-electron chi connectivity index (χ4n) is 5.29. The van der Waals surface area contributed by atoms with E-state index in [9.17, 15) is 4.79 Å². The van der Waals surface area contributed by atoms with Crippen LogP contribution in [-0.2, 0) is 16.0 Å². The van der Waals surface area contributed by atoms with E-state index in [1.165, 1.54) is 12.8 Å². The summed E-state index contributed by atoms with van der Waals surface area (Å²) in [5, 5.41) is 13.1. The first-order valence-corrected chi connectivity index (χ1v) is 13.3. The molecule has 2 saturated heterocycles. The predicted octanol–water partition coefficient (Wildman–Crippen LogP) is 3.23. The number of nitrogens with zero attached hydrogens (tertiary/aromatic N) is 4. The van der Waals surface area contributed by atoms with Crippen molar-refractivity contribution in [2.45, 2.75) is 64.0 Å². The van der Waals surface area contributed by atoms with Crippen molar-refractivity contribution in [1.82, 2.24) is 20.2 Å². The number of furan rings is 1. The van der Waals surface area contributed by atoms with Crippen molar-refractivity contribution in [1.29, 1.82) is 0 Å². The van der Waals surface area contributed by atoms with Gasteiger partial charge in [-0.15, -0.1) is 0 Å². The molecule has 2 N–H and O–H groups in total. The Morgan fingerprint density at radius 1 is 1.19 bits per heavy atom. The van der Waals surface area contributed by atoms with Crippen molar-refractivity contribution in [3.8, 4) is 0 Å². The number of benzene rings is 1. The fourth-order valence-corrected chi connectivity index (χ4v) is 5.29. The minimum absolute atomic E-state index is 0.0133. The van der Waals surface area contributed by atoms with Gasteiger partial charge in [-0.1, -0.05) is 12.1 Å². The van der Waals surface area contributed by atoms with Crippen LogP contribution in [0.15, 0.2) is 28.7 Å². The maximum Gasteiger partial charge on any atom is 0.225 e. The number of para-hydroxylation sites is 1. The summed E-state index contributed by atoms with van der Waals surface area (Å²) in [6.07, 6.45) is 5.84. The third-order valence-electron chi connectivity index (χ3n) is 7.29. The van der Waals surface area contributed by atoms with Crippen LogP contribution >= 0.6 is 0 Å². The second kappa shape index (κ2) is 11.5. The summed E-state index contributed by atoms with van der Waals surface area (Å²) < 4.78 is 12.2. The number of hydrogen-bond acceptors (Lipinski definition) is 8. The summed E-state index contributed by atoms with van der Waals surface area (Å²) in [7, 11) is 0. The van der Waals surface area contributed by atoms with Crippen LogP contribution in [-0.4, -0.2) is 77.5 Å². The van der Waals surface area contributed by atoms with Crippen molar-refractivity contribution in [2.75, 3.05) is 44.4 Å². The van der Waals surface area contributed by atoms with Gasteiger partial charge < -0.3 is 24.1 Å². The Balaban J connectivity index is 1.15. The molecule has 5 rings (SSSR count). The van der Waals surface area contributed by atoms with E-state index in [1.807, 2.05) is 30.0 Å². The number of aliphatic hydroxyl groups is 1. The molecule has 194 valence electrons. The Kier molecular flexibility index (Phi) is 7.99. The first-order valence-electron chi connectivity index (χ1n) is 13.3. The lowest BCUT2D eigenvalue weighted by Crippen LogP contribution is -2.45. The van der Waals surface area contributed by atoms with Gasteiger partial charge in [-0.05, 0) is 51.2 Å². The fraction of sp³-hybridized carbons (Fsp3) is 0.593. The van der Waals surface area contributed by atoms with Crippen LogP contribution in [0.25, 0.3) is 22.1 Å². The number of aliphatic hydroxyl groups excluding tert-OH is 1. The lowest BCUT2D eigenvalue weighted by Gasteiger charge is -2.32. The summed E-state index contributed by atoms with van der Waals surface area (Å²) in [6, 6.07) is 8.32. The SMILES string of the molecule is CC(CC(=O)N1CCC(NCO)CC1)OCCCc1nc(N2CCCC2)c2oc3ccccc3c2n1. The highest BCUT2D eigenvalue weighted by atomic mass is 16.5. The Bertz CT molecular complexity index is 1170. The van der Waals surface area contributed by atoms with Crippen molar-refractivity contribution in [3.05, 3.63) is 30.1 Å². The highest BCUT2D eigenvalue weighted by molar-refractivity contribution is 6.05. The molecule has 0 radical (unpaired) electrons. The summed E-state index contributed by atoms with van der Waals surface area (Å²) >= 11 is 0. The molecular weight excluding hydrogens is 458 g/mol. The van der Waals surface area contributed by atoms with E-state index >= 15 is 0 Å². The average Bonchev–Trinajstić information content (AvgIpc) is 3.55. The first kappa shape index (κ1) is 24.9.